The number of nitrogen functional groups attached to an aromatic ring is 2. The average molecular weight is 218 g/mol. The van der Waals surface area contributed by atoms with Crippen molar-refractivity contribution < 1.29 is 0 Å². The predicted octanol–water partition coefficient (Wildman–Crippen LogP) is 1.40. The van der Waals surface area contributed by atoms with Gasteiger partial charge in [0.05, 0.1) is 17.1 Å². The quantitative estimate of drug-likeness (QED) is 0.445. The molecule has 0 bridgehead atoms. The van der Waals surface area contributed by atoms with Crippen molar-refractivity contribution in [1.29, 1.82) is 0 Å². The molecule has 0 amide bonds. The molecule has 0 aliphatic carbocycles. The maximum Gasteiger partial charge on any atom is 0.0553 e. The molecule has 0 fully saturated rings. The predicted molar refractivity (Wildman–Crippen MR) is 70.0 cm³/mol. The average Bonchev–Trinajstić information content (AvgIpc) is 2.21. The zero-order valence-corrected chi connectivity index (χ0v) is 9.62. The smallest absolute Gasteiger partial charge is 0.0553 e. The van der Waals surface area contributed by atoms with Crippen LogP contribution < -0.4 is 22.9 Å². The van der Waals surface area contributed by atoms with Crippen LogP contribution >= 0.6 is 0 Å². The van der Waals surface area contributed by atoms with Crippen molar-refractivity contribution in [3.8, 4) is 0 Å². The molecule has 8 N–H and O–H groups in total. The standard InChI is InChI=1S/C12H18N4/c1-7(5-11(15)8(2)13)9-3-4-10(14)12(16)6-9/h3-6H,13-16H2,1-2H3/b7-5+,11-8-. The SMILES string of the molecule is C/C(N)=C(N)\C=C(/C)c1ccc(N)c(N)c1. The second-order valence-corrected chi connectivity index (χ2v) is 3.81. The van der Waals surface area contributed by atoms with Crippen molar-refractivity contribution in [2.24, 2.45) is 11.5 Å². The Balaban J connectivity index is 3.10. The molecule has 0 aliphatic rings. The lowest BCUT2D eigenvalue weighted by Crippen LogP contribution is -2.04. The molecule has 0 radical (unpaired) electrons. The van der Waals surface area contributed by atoms with E-state index in [1.807, 2.05) is 25.1 Å². The van der Waals surface area contributed by atoms with Gasteiger partial charge in [0.15, 0.2) is 0 Å². The van der Waals surface area contributed by atoms with Gasteiger partial charge in [0.1, 0.15) is 0 Å². The van der Waals surface area contributed by atoms with Crippen LogP contribution in [0.1, 0.15) is 19.4 Å². The van der Waals surface area contributed by atoms with Gasteiger partial charge in [-0.2, -0.15) is 0 Å². The van der Waals surface area contributed by atoms with Crippen LogP contribution in [-0.2, 0) is 0 Å². The van der Waals surface area contributed by atoms with E-state index in [1.165, 1.54) is 0 Å². The van der Waals surface area contributed by atoms with Crippen molar-refractivity contribution >= 4 is 16.9 Å². The van der Waals surface area contributed by atoms with Crippen LogP contribution in [0.15, 0.2) is 35.7 Å². The Morgan fingerprint density at radius 1 is 1.06 bits per heavy atom. The van der Waals surface area contributed by atoms with Crippen molar-refractivity contribution in [3.63, 3.8) is 0 Å². The van der Waals surface area contributed by atoms with E-state index in [0.29, 0.717) is 22.8 Å². The van der Waals surface area contributed by atoms with E-state index in [9.17, 15) is 0 Å². The molecule has 1 aromatic rings. The van der Waals surface area contributed by atoms with Crippen LogP contribution in [0.4, 0.5) is 11.4 Å². The molecule has 0 unspecified atom stereocenters. The Hall–Kier alpha value is -2.10. The number of hydrogen-bond donors (Lipinski definition) is 4. The summed E-state index contributed by atoms with van der Waals surface area (Å²) in [6, 6.07) is 5.49. The lowest BCUT2D eigenvalue weighted by molar-refractivity contribution is 1.21. The number of nitrogens with two attached hydrogens (primary N) is 4. The van der Waals surface area contributed by atoms with Gasteiger partial charge >= 0.3 is 0 Å². The van der Waals surface area contributed by atoms with Gasteiger partial charge < -0.3 is 22.9 Å². The minimum absolute atomic E-state index is 0.563. The third-order valence-corrected chi connectivity index (χ3v) is 2.37. The second kappa shape index (κ2) is 4.61. The van der Waals surface area contributed by atoms with Crippen LogP contribution in [0.3, 0.4) is 0 Å². The zero-order valence-electron chi connectivity index (χ0n) is 9.62. The minimum Gasteiger partial charge on any atom is -0.401 e. The van der Waals surface area contributed by atoms with E-state index < -0.39 is 0 Å². The largest absolute Gasteiger partial charge is 0.401 e. The van der Waals surface area contributed by atoms with Gasteiger partial charge in [0, 0.05) is 5.70 Å². The summed E-state index contributed by atoms with van der Waals surface area (Å²) < 4.78 is 0. The van der Waals surface area contributed by atoms with Crippen LogP contribution in [-0.4, -0.2) is 0 Å². The summed E-state index contributed by atoms with van der Waals surface area (Å²) in [4.78, 5) is 0. The monoisotopic (exact) mass is 218 g/mol. The molecule has 4 heteroatoms. The molecule has 16 heavy (non-hydrogen) atoms. The van der Waals surface area contributed by atoms with Crippen molar-refractivity contribution in [2.45, 2.75) is 13.8 Å². The highest BCUT2D eigenvalue weighted by atomic mass is 14.7. The molecule has 1 rings (SSSR count). The summed E-state index contributed by atoms with van der Waals surface area (Å²) >= 11 is 0. The molecule has 1 aromatic carbocycles. The molecule has 0 heterocycles. The summed E-state index contributed by atoms with van der Waals surface area (Å²) in [5.41, 5.74) is 27.0. The lowest BCUT2D eigenvalue weighted by Gasteiger charge is -2.06. The van der Waals surface area contributed by atoms with Crippen LogP contribution in [0.25, 0.3) is 5.57 Å². The summed E-state index contributed by atoms with van der Waals surface area (Å²) in [5.74, 6) is 0. The fourth-order valence-electron chi connectivity index (χ4n) is 1.25. The van der Waals surface area contributed by atoms with Crippen LogP contribution in [0.2, 0.25) is 0 Å². The molecule has 0 saturated heterocycles. The number of rotatable bonds is 2. The van der Waals surface area contributed by atoms with E-state index >= 15 is 0 Å². The molecule has 4 nitrogen and oxygen atoms in total. The van der Waals surface area contributed by atoms with Crippen LogP contribution in [0, 0.1) is 0 Å². The second-order valence-electron chi connectivity index (χ2n) is 3.81. The first kappa shape index (κ1) is 12.0. The highest BCUT2D eigenvalue weighted by Gasteiger charge is 2.00. The molecule has 86 valence electrons. The molecule has 0 aliphatic heterocycles. The first-order chi connectivity index (χ1) is 7.41. The minimum atomic E-state index is 0.563. The van der Waals surface area contributed by atoms with Gasteiger partial charge in [0.2, 0.25) is 0 Å². The van der Waals surface area contributed by atoms with Gasteiger partial charge in [0.25, 0.3) is 0 Å². The first-order valence-corrected chi connectivity index (χ1v) is 4.97. The Morgan fingerprint density at radius 2 is 1.69 bits per heavy atom. The van der Waals surface area contributed by atoms with Crippen LogP contribution in [0.5, 0.6) is 0 Å². The highest BCUT2D eigenvalue weighted by Crippen LogP contribution is 2.22. The normalized spacial score (nSPS) is 13.5. The van der Waals surface area contributed by atoms with E-state index in [2.05, 4.69) is 0 Å². The van der Waals surface area contributed by atoms with Crippen molar-refractivity contribution in [1.82, 2.24) is 0 Å². The lowest BCUT2D eigenvalue weighted by atomic mass is 10.0. The molecular weight excluding hydrogens is 200 g/mol. The number of hydrogen-bond acceptors (Lipinski definition) is 4. The van der Waals surface area contributed by atoms with E-state index in [-0.39, 0.29) is 0 Å². The molecule has 0 atom stereocenters. The van der Waals surface area contributed by atoms with Gasteiger partial charge in [-0.15, -0.1) is 0 Å². The number of benzene rings is 1. The molecule has 0 spiro atoms. The first-order valence-electron chi connectivity index (χ1n) is 4.97. The van der Waals surface area contributed by atoms with Crippen molar-refractivity contribution in [3.05, 3.63) is 41.2 Å². The summed E-state index contributed by atoms with van der Waals surface area (Å²) in [5, 5.41) is 0. The molecule has 0 saturated carbocycles. The van der Waals surface area contributed by atoms with Gasteiger partial charge in [-0.1, -0.05) is 6.07 Å². The van der Waals surface area contributed by atoms with E-state index in [4.69, 9.17) is 22.9 Å². The molecular formula is C12H18N4. The van der Waals surface area contributed by atoms with E-state index in [1.54, 1.807) is 13.0 Å². The van der Waals surface area contributed by atoms with E-state index in [0.717, 1.165) is 11.1 Å². The highest BCUT2D eigenvalue weighted by molar-refractivity contribution is 5.74. The Morgan fingerprint density at radius 3 is 2.19 bits per heavy atom. The number of anilines is 2. The fourth-order valence-corrected chi connectivity index (χ4v) is 1.25. The fraction of sp³-hybridized carbons (Fsp3) is 0.167. The van der Waals surface area contributed by atoms with Gasteiger partial charge in [-0.3, -0.25) is 0 Å². The summed E-state index contributed by atoms with van der Waals surface area (Å²) in [6.45, 7) is 3.71. The van der Waals surface area contributed by atoms with Crippen molar-refractivity contribution in [2.75, 3.05) is 11.5 Å². The molecule has 0 aromatic heterocycles. The third-order valence-electron chi connectivity index (χ3n) is 2.37. The Kier molecular flexibility index (Phi) is 3.45. The Bertz CT molecular complexity index is 454. The third kappa shape index (κ3) is 2.70. The maximum atomic E-state index is 5.74. The topological polar surface area (TPSA) is 104 Å². The van der Waals surface area contributed by atoms with Gasteiger partial charge in [-0.05, 0) is 43.2 Å². The van der Waals surface area contributed by atoms with Gasteiger partial charge in [-0.25, -0.2) is 0 Å². The maximum absolute atomic E-state index is 5.74. The Labute approximate surface area is 95.6 Å². The number of allylic oxidation sites excluding steroid dienone is 3. The zero-order chi connectivity index (χ0) is 12.3. The summed E-state index contributed by atoms with van der Waals surface area (Å²) in [6.07, 6.45) is 1.82. The summed E-state index contributed by atoms with van der Waals surface area (Å²) in [7, 11) is 0.